The molecule has 148 valence electrons. The van der Waals surface area contributed by atoms with Crippen molar-refractivity contribution in [1.29, 1.82) is 0 Å². The molecule has 0 saturated carbocycles. The van der Waals surface area contributed by atoms with Crippen molar-refractivity contribution in [3.05, 3.63) is 47.7 Å². The summed E-state index contributed by atoms with van der Waals surface area (Å²) < 4.78 is 10.4. The van der Waals surface area contributed by atoms with Crippen LogP contribution in [0.4, 0.5) is 5.69 Å². The van der Waals surface area contributed by atoms with E-state index >= 15 is 0 Å². The van der Waals surface area contributed by atoms with E-state index in [1.54, 1.807) is 0 Å². The maximum Gasteiger partial charge on any atom is 0.235 e. The summed E-state index contributed by atoms with van der Waals surface area (Å²) in [5, 5.41) is 1.08. The highest BCUT2D eigenvalue weighted by Crippen LogP contribution is 2.30. The van der Waals surface area contributed by atoms with Crippen molar-refractivity contribution in [2.24, 2.45) is 0 Å². The molecular formula is C22H28N4OS. The molecule has 6 heteroatoms. The fourth-order valence-corrected chi connectivity index (χ4v) is 4.67. The van der Waals surface area contributed by atoms with Gasteiger partial charge in [-0.05, 0) is 68.5 Å². The molecule has 1 aliphatic rings. The maximum atomic E-state index is 5.98. The van der Waals surface area contributed by atoms with Crippen LogP contribution in [0, 0.1) is 13.8 Å². The first-order valence-corrected chi connectivity index (χ1v) is 10.9. The molecule has 0 unspecified atom stereocenters. The second-order valence-electron chi connectivity index (χ2n) is 7.47. The van der Waals surface area contributed by atoms with Crippen LogP contribution in [0.15, 0.2) is 36.4 Å². The highest BCUT2D eigenvalue weighted by molar-refractivity contribution is 7.13. The van der Waals surface area contributed by atoms with Crippen molar-refractivity contribution in [2.45, 2.75) is 26.7 Å². The molecule has 0 radical (unpaired) electrons. The zero-order valence-corrected chi connectivity index (χ0v) is 17.5. The molecule has 0 amide bonds. The van der Waals surface area contributed by atoms with Crippen LogP contribution in [-0.4, -0.2) is 53.6 Å². The van der Waals surface area contributed by atoms with Gasteiger partial charge in [-0.15, -0.1) is 0 Å². The Kier molecular flexibility index (Phi) is 6.07. The zero-order valence-electron chi connectivity index (χ0n) is 16.7. The van der Waals surface area contributed by atoms with Crippen LogP contribution in [0.25, 0.3) is 10.2 Å². The largest absolute Gasteiger partial charge is 0.477 e. The molecule has 0 spiro atoms. The molecule has 0 atom stereocenters. The van der Waals surface area contributed by atoms with Gasteiger partial charge in [-0.3, -0.25) is 4.90 Å². The van der Waals surface area contributed by atoms with E-state index in [1.807, 2.05) is 6.92 Å². The van der Waals surface area contributed by atoms with Crippen LogP contribution in [0.1, 0.15) is 24.1 Å². The molecule has 0 bridgehead atoms. The standard InChI is InChI=1S/C22H28N4OS/c1-17-16-18(2)23-22-20(17)21(24-28-22)27-15-7-6-10-25-11-13-26(14-12-25)19-8-4-3-5-9-19/h3-5,8-9,16H,6-7,10-15H2,1-2H3. The number of anilines is 1. The number of unbranched alkanes of at least 4 members (excludes halogenated alkanes) is 1. The number of hydrogen-bond donors (Lipinski definition) is 0. The number of para-hydroxylation sites is 1. The summed E-state index contributed by atoms with van der Waals surface area (Å²) >= 11 is 1.43. The van der Waals surface area contributed by atoms with Gasteiger partial charge in [-0.2, -0.15) is 4.37 Å². The molecule has 1 fully saturated rings. The van der Waals surface area contributed by atoms with Crippen molar-refractivity contribution in [3.8, 4) is 5.88 Å². The zero-order chi connectivity index (χ0) is 19.3. The van der Waals surface area contributed by atoms with Gasteiger partial charge in [0.25, 0.3) is 0 Å². The summed E-state index contributed by atoms with van der Waals surface area (Å²) in [5.41, 5.74) is 3.57. The van der Waals surface area contributed by atoms with Gasteiger partial charge in [-0.25, -0.2) is 4.98 Å². The minimum Gasteiger partial charge on any atom is -0.477 e. The smallest absolute Gasteiger partial charge is 0.235 e. The van der Waals surface area contributed by atoms with Crippen molar-refractivity contribution < 1.29 is 4.74 Å². The first-order valence-electron chi connectivity index (χ1n) is 10.1. The Labute approximate surface area is 171 Å². The van der Waals surface area contributed by atoms with E-state index in [0.29, 0.717) is 0 Å². The quantitative estimate of drug-likeness (QED) is 0.557. The fourth-order valence-electron chi connectivity index (χ4n) is 3.83. The Morgan fingerprint density at radius 1 is 1.04 bits per heavy atom. The number of aryl methyl sites for hydroxylation is 2. The summed E-state index contributed by atoms with van der Waals surface area (Å²) in [6.45, 7) is 10.5. The van der Waals surface area contributed by atoms with Gasteiger partial charge in [0.05, 0.1) is 12.0 Å². The van der Waals surface area contributed by atoms with Crippen molar-refractivity contribution in [3.63, 3.8) is 0 Å². The van der Waals surface area contributed by atoms with Crippen LogP contribution >= 0.6 is 11.5 Å². The van der Waals surface area contributed by atoms with Crippen LogP contribution in [0.5, 0.6) is 5.88 Å². The van der Waals surface area contributed by atoms with E-state index in [0.717, 1.165) is 74.0 Å². The van der Waals surface area contributed by atoms with Crippen LogP contribution in [-0.2, 0) is 0 Å². The number of pyridine rings is 1. The topological polar surface area (TPSA) is 41.5 Å². The Morgan fingerprint density at radius 3 is 2.61 bits per heavy atom. The van der Waals surface area contributed by atoms with E-state index in [1.165, 1.54) is 22.8 Å². The monoisotopic (exact) mass is 396 g/mol. The van der Waals surface area contributed by atoms with Gasteiger partial charge in [-0.1, -0.05) is 18.2 Å². The fraction of sp³-hybridized carbons (Fsp3) is 0.455. The van der Waals surface area contributed by atoms with E-state index in [4.69, 9.17) is 4.74 Å². The molecule has 3 heterocycles. The number of aromatic nitrogens is 2. The summed E-state index contributed by atoms with van der Waals surface area (Å²) in [6, 6.07) is 12.8. The molecule has 3 aromatic rings. The Hall–Kier alpha value is -2.18. The summed E-state index contributed by atoms with van der Waals surface area (Å²) in [7, 11) is 0. The number of fused-ring (bicyclic) bond motifs is 1. The predicted molar refractivity (Wildman–Crippen MR) is 117 cm³/mol. The lowest BCUT2D eigenvalue weighted by Crippen LogP contribution is -2.46. The highest BCUT2D eigenvalue weighted by Gasteiger charge is 2.16. The normalized spacial score (nSPS) is 15.3. The molecule has 0 aliphatic carbocycles. The van der Waals surface area contributed by atoms with Crippen molar-refractivity contribution >= 4 is 27.4 Å². The number of nitrogens with zero attached hydrogens (tertiary/aromatic N) is 4. The third-order valence-electron chi connectivity index (χ3n) is 5.34. The van der Waals surface area contributed by atoms with E-state index < -0.39 is 0 Å². The molecule has 4 rings (SSSR count). The van der Waals surface area contributed by atoms with Gasteiger partial charge < -0.3 is 9.64 Å². The minimum atomic E-state index is 0.718. The molecule has 1 aromatic carbocycles. The number of hydrogen-bond acceptors (Lipinski definition) is 6. The van der Waals surface area contributed by atoms with Gasteiger partial charge >= 0.3 is 0 Å². The van der Waals surface area contributed by atoms with Crippen LogP contribution < -0.4 is 9.64 Å². The number of piperazine rings is 1. The van der Waals surface area contributed by atoms with Crippen LogP contribution in [0.3, 0.4) is 0 Å². The molecule has 1 saturated heterocycles. The maximum absolute atomic E-state index is 5.98. The number of rotatable bonds is 7. The molecule has 1 aliphatic heterocycles. The van der Waals surface area contributed by atoms with Gasteiger partial charge in [0.1, 0.15) is 4.83 Å². The Balaban J connectivity index is 1.18. The predicted octanol–water partition coefficient (Wildman–Crippen LogP) is 4.29. The SMILES string of the molecule is Cc1cc(C)c2c(OCCCCN3CCN(c4ccccc4)CC3)nsc2n1. The Morgan fingerprint density at radius 2 is 1.82 bits per heavy atom. The van der Waals surface area contributed by atoms with Crippen molar-refractivity contribution in [2.75, 3.05) is 44.2 Å². The summed E-state index contributed by atoms with van der Waals surface area (Å²) in [4.78, 5) is 10.6. The molecule has 28 heavy (non-hydrogen) atoms. The third-order valence-corrected chi connectivity index (χ3v) is 6.07. The average Bonchev–Trinajstić information content (AvgIpc) is 3.12. The van der Waals surface area contributed by atoms with Crippen LogP contribution in [0.2, 0.25) is 0 Å². The lowest BCUT2D eigenvalue weighted by atomic mass is 10.2. The second kappa shape index (κ2) is 8.88. The summed E-state index contributed by atoms with van der Waals surface area (Å²) in [6.07, 6.45) is 2.21. The van der Waals surface area contributed by atoms with Gasteiger partial charge in [0.2, 0.25) is 5.88 Å². The van der Waals surface area contributed by atoms with Gasteiger partial charge in [0, 0.05) is 37.6 Å². The number of ether oxygens (including phenoxy) is 1. The first kappa shape index (κ1) is 19.2. The third kappa shape index (κ3) is 4.45. The van der Waals surface area contributed by atoms with Crippen molar-refractivity contribution in [1.82, 2.24) is 14.3 Å². The van der Waals surface area contributed by atoms with E-state index in [2.05, 4.69) is 62.5 Å². The summed E-state index contributed by atoms with van der Waals surface area (Å²) in [5.74, 6) is 0.751. The lowest BCUT2D eigenvalue weighted by molar-refractivity contribution is 0.238. The van der Waals surface area contributed by atoms with Gasteiger partial charge in [0.15, 0.2) is 0 Å². The number of benzene rings is 1. The second-order valence-corrected chi connectivity index (χ2v) is 8.22. The van der Waals surface area contributed by atoms with E-state index in [-0.39, 0.29) is 0 Å². The first-order chi connectivity index (χ1) is 13.7. The Bertz CT molecular complexity index is 904. The molecule has 0 N–H and O–H groups in total. The molecule has 5 nitrogen and oxygen atoms in total. The average molecular weight is 397 g/mol. The minimum absolute atomic E-state index is 0.718. The highest BCUT2D eigenvalue weighted by atomic mass is 32.1. The van der Waals surface area contributed by atoms with E-state index in [9.17, 15) is 0 Å². The molecular weight excluding hydrogens is 368 g/mol. The lowest BCUT2D eigenvalue weighted by Gasteiger charge is -2.36. The molecule has 2 aromatic heterocycles.